The molecule has 2 rings (SSSR count). The zero-order chi connectivity index (χ0) is 9.26. The maximum Gasteiger partial charge on any atom is 0.169 e. The lowest BCUT2D eigenvalue weighted by atomic mass is 10.2. The third-order valence-electron chi connectivity index (χ3n) is 2.92. The quantitative estimate of drug-likeness (QED) is 0.583. The Morgan fingerprint density at radius 1 is 1.46 bits per heavy atom. The topological polar surface area (TPSA) is 30.9 Å². The van der Waals surface area contributed by atoms with E-state index in [-0.39, 0.29) is 6.29 Å². The van der Waals surface area contributed by atoms with E-state index in [9.17, 15) is 0 Å². The molecule has 76 valence electrons. The van der Waals surface area contributed by atoms with Crippen molar-refractivity contribution in [2.45, 2.75) is 24.9 Å². The number of methoxy groups -OCH3 is 2. The van der Waals surface area contributed by atoms with Crippen molar-refractivity contribution in [3.8, 4) is 0 Å². The fourth-order valence-corrected chi connectivity index (χ4v) is 2.14. The number of hydrogen-bond acceptors (Lipinski definition) is 4. The van der Waals surface area contributed by atoms with Crippen molar-refractivity contribution in [2.24, 2.45) is 0 Å². The predicted octanol–water partition coefficient (Wildman–Crippen LogP) is 0.0784. The molecular formula is C9H17NO3. The highest BCUT2D eigenvalue weighted by molar-refractivity contribution is 4.91. The standard InChI is InChI=1S/C9H17NO3/c1-11-9(12-2)5-10-4-8-3-7(10)6-13-8/h7-9H,3-6H2,1-2H3/t7-,8-/m0/s1. The van der Waals surface area contributed by atoms with Crippen molar-refractivity contribution < 1.29 is 14.2 Å². The van der Waals surface area contributed by atoms with Crippen LogP contribution >= 0.6 is 0 Å². The molecule has 2 atom stereocenters. The molecule has 0 aromatic rings. The van der Waals surface area contributed by atoms with Gasteiger partial charge in [-0.1, -0.05) is 0 Å². The molecule has 2 bridgehead atoms. The number of rotatable bonds is 4. The van der Waals surface area contributed by atoms with Gasteiger partial charge < -0.3 is 14.2 Å². The van der Waals surface area contributed by atoms with Gasteiger partial charge in [0.2, 0.25) is 0 Å². The first-order valence-electron chi connectivity index (χ1n) is 4.74. The molecule has 2 saturated heterocycles. The summed E-state index contributed by atoms with van der Waals surface area (Å²) in [6.45, 7) is 2.77. The van der Waals surface area contributed by atoms with Crippen molar-refractivity contribution >= 4 is 0 Å². The van der Waals surface area contributed by atoms with E-state index in [1.54, 1.807) is 14.2 Å². The Morgan fingerprint density at radius 3 is 2.69 bits per heavy atom. The highest BCUT2D eigenvalue weighted by Gasteiger charge is 2.39. The minimum Gasteiger partial charge on any atom is -0.375 e. The van der Waals surface area contributed by atoms with Crippen LogP contribution < -0.4 is 0 Å². The average Bonchev–Trinajstić information content (AvgIpc) is 2.75. The molecule has 2 aliphatic rings. The van der Waals surface area contributed by atoms with E-state index in [4.69, 9.17) is 14.2 Å². The number of ether oxygens (including phenoxy) is 3. The van der Waals surface area contributed by atoms with Crippen LogP contribution in [0.25, 0.3) is 0 Å². The van der Waals surface area contributed by atoms with Gasteiger partial charge in [-0.15, -0.1) is 0 Å². The molecule has 2 aliphatic heterocycles. The first-order chi connectivity index (χ1) is 6.33. The van der Waals surface area contributed by atoms with Gasteiger partial charge in [-0.25, -0.2) is 0 Å². The first kappa shape index (κ1) is 9.40. The SMILES string of the molecule is COC(CN1C[C@@H]2C[C@H]1CO2)OC. The van der Waals surface area contributed by atoms with E-state index in [1.807, 2.05) is 0 Å². The highest BCUT2D eigenvalue weighted by atomic mass is 16.7. The van der Waals surface area contributed by atoms with Crippen LogP contribution in [0.1, 0.15) is 6.42 Å². The van der Waals surface area contributed by atoms with E-state index in [1.165, 1.54) is 6.42 Å². The van der Waals surface area contributed by atoms with E-state index in [0.29, 0.717) is 12.1 Å². The molecule has 0 aromatic carbocycles. The van der Waals surface area contributed by atoms with Crippen LogP contribution in [0.5, 0.6) is 0 Å². The van der Waals surface area contributed by atoms with Gasteiger partial charge >= 0.3 is 0 Å². The van der Waals surface area contributed by atoms with Crippen molar-refractivity contribution in [3.63, 3.8) is 0 Å². The lowest BCUT2D eigenvalue weighted by Gasteiger charge is -2.29. The van der Waals surface area contributed by atoms with Crippen molar-refractivity contribution in [2.75, 3.05) is 33.9 Å². The van der Waals surface area contributed by atoms with Crippen molar-refractivity contribution in [3.05, 3.63) is 0 Å². The third-order valence-corrected chi connectivity index (χ3v) is 2.92. The molecule has 2 heterocycles. The van der Waals surface area contributed by atoms with Crippen molar-refractivity contribution in [1.29, 1.82) is 0 Å². The Kier molecular flexibility index (Phi) is 2.83. The molecule has 4 heteroatoms. The Bertz CT molecular complexity index is 172. The number of nitrogens with zero attached hydrogens (tertiary/aromatic N) is 1. The summed E-state index contributed by atoms with van der Waals surface area (Å²) in [4.78, 5) is 2.39. The first-order valence-corrected chi connectivity index (χ1v) is 4.74. The summed E-state index contributed by atoms with van der Waals surface area (Å²) >= 11 is 0. The Labute approximate surface area is 78.7 Å². The molecule has 13 heavy (non-hydrogen) atoms. The van der Waals surface area contributed by atoms with Gasteiger partial charge in [0.15, 0.2) is 6.29 Å². The van der Waals surface area contributed by atoms with Crippen LogP contribution in [-0.2, 0) is 14.2 Å². The minimum absolute atomic E-state index is 0.0978. The molecule has 0 spiro atoms. The number of fused-ring (bicyclic) bond motifs is 2. The van der Waals surface area contributed by atoms with Gasteiger partial charge in [0.1, 0.15) is 0 Å². The molecule has 0 saturated carbocycles. The zero-order valence-corrected chi connectivity index (χ0v) is 8.23. The van der Waals surface area contributed by atoms with Gasteiger partial charge in [-0.2, -0.15) is 0 Å². The molecule has 0 amide bonds. The van der Waals surface area contributed by atoms with E-state index in [0.717, 1.165) is 19.7 Å². The second kappa shape index (κ2) is 3.92. The third kappa shape index (κ3) is 1.86. The van der Waals surface area contributed by atoms with Gasteiger partial charge in [0.05, 0.1) is 12.7 Å². The smallest absolute Gasteiger partial charge is 0.169 e. The van der Waals surface area contributed by atoms with E-state index >= 15 is 0 Å². The summed E-state index contributed by atoms with van der Waals surface area (Å²) in [5.74, 6) is 0. The number of morpholine rings is 1. The summed E-state index contributed by atoms with van der Waals surface area (Å²) in [7, 11) is 3.36. The molecule has 0 aromatic heterocycles. The molecule has 0 unspecified atom stereocenters. The Hall–Kier alpha value is -0.160. The molecule has 0 radical (unpaired) electrons. The second-order valence-electron chi connectivity index (χ2n) is 3.70. The van der Waals surface area contributed by atoms with Crippen LogP contribution in [0.2, 0.25) is 0 Å². The van der Waals surface area contributed by atoms with Gasteiger partial charge in [-0.3, -0.25) is 4.90 Å². The molecule has 0 N–H and O–H groups in total. The predicted molar refractivity (Wildman–Crippen MR) is 47.5 cm³/mol. The Balaban J connectivity index is 1.82. The van der Waals surface area contributed by atoms with Crippen molar-refractivity contribution in [1.82, 2.24) is 4.90 Å². The number of hydrogen-bond donors (Lipinski definition) is 0. The van der Waals surface area contributed by atoms with Crippen LogP contribution in [0.3, 0.4) is 0 Å². The van der Waals surface area contributed by atoms with Crippen LogP contribution in [-0.4, -0.2) is 57.3 Å². The normalized spacial score (nSPS) is 33.5. The minimum atomic E-state index is -0.0978. The maximum absolute atomic E-state index is 5.51. The fourth-order valence-electron chi connectivity index (χ4n) is 2.14. The summed E-state index contributed by atoms with van der Waals surface area (Å²) in [6, 6.07) is 0.595. The second-order valence-corrected chi connectivity index (χ2v) is 3.70. The molecule has 4 nitrogen and oxygen atoms in total. The average molecular weight is 187 g/mol. The lowest BCUT2D eigenvalue weighted by Crippen LogP contribution is -2.42. The largest absolute Gasteiger partial charge is 0.375 e. The van der Waals surface area contributed by atoms with Crippen LogP contribution in [0.4, 0.5) is 0 Å². The molecule has 2 fully saturated rings. The lowest BCUT2D eigenvalue weighted by molar-refractivity contribution is -0.124. The van der Waals surface area contributed by atoms with Crippen LogP contribution in [0.15, 0.2) is 0 Å². The molecule has 0 aliphatic carbocycles. The molecular weight excluding hydrogens is 170 g/mol. The summed E-state index contributed by atoms with van der Waals surface area (Å²) in [5, 5.41) is 0. The van der Waals surface area contributed by atoms with E-state index in [2.05, 4.69) is 4.90 Å². The van der Waals surface area contributed by atoms with E-state index < -0.39 is 0 Å². The van der Waals surface area contributed by atoms with Gasteiger partial charge in [-0.05, 0) is 6.42 Å². The highest BCUT2D eigenvalue weighted by Crippen LogP contribution is 2.27. The maximum atomic E-state index is 5.51. The van der Waals surface area contributed by atoms with Gasteiger partial charge in [0, 0.05) is 33.4 Å². The van der Waals surface area contributed by atoms with Gasteiger partial charge in [0.25, 0.3) is 0 Å². The fraction of sp³-hybridized carbons (Fsp3) is 1.00. The Morgan fingerprint density at radius 2 is 2.23 bits per heavy atom. The summed E-state index contributed by atoms with van der Waals surface area (Å²) in [5.41, 5.74) is 0. The van der Waals surface area contributed by atoms with Crippen LogP contribution in [0, 0.1) is 0 Å². The summed E-state index contributed by atoms with van der Waals surface area (Å²) < 4.78 is 15.8. The zero-order valence-electron chi connectivity index (χ0n) is 8.23. The summed E-state index contributed by atoms with van der Waals surface area (Å²) in [6.07, 6.45) is 1.54. The monoisotopic (exact) mass is 187 g/mol. The number of likely N-dealkylation sites (tertiary alicyclic amines) is 1.